The van der Waals surface area contributed by atoms with E-state index < -0.39 is 6.10 Å². The lowest BCUT2D eigenvalue weighted by molar-refractivity contribution is 0.0811. The molecule has 2 aliphatic rings. The Balaban J connectivity index is 1.27. The molecule has 0 aliphatic heterocycles. The van der Waals surface area contributed by atoms with E-state index in [9.17, 15) is 5.11 Å². The minimum Gasteiger partial charge on any atom is -0.388 e. The summed E-state index contributed by atoms with van der Waals surface area (Å²) >= 11 is 0. The van der Waals surface area contributed by atoms with Gasteiger partial charge in [0.15, 0.2) is 0 Å². The van der Waals surface area contributed by atoms with Crippen LogP contribution >= 0.6 is 0 Å². The molecule has 2 heterocycles. The van der Waals surface area contributed by atoms with Crippen molar-refractivity contribution in [1.29, 1.82) is 0 Å². The van der Waals surface area contributed by atoms with Crippen molar-refractivity contribution in [1.82, 2.24) is 9.38 Å². The zero-order valence-corrected chi connectivity index (χ0v) is 17.2. The molecule has 0 spiro atoms. The molecule has 2 saturated carbocycles. The predicted octanol–water partition coefficient (Wildman–Crippen LogP) is 6.37. The molecule has 0 unspecified atom stereocenters. The number of nitrogens with zero attached hydrogens (tertiary/aromatic N) is 2. The van der Waals surface area contributed by atoms with E-state index in [2.05, 4.69) is 64.1 Å². The average Bonchev–Trinajstić information content (AvgIpc) is 3.54. The van der Waals surface area contributed by atoms with E-state index in [4.69, 9.17) is 0 Å². The van der Waals surface area contributed by atoms with Crippen molar-refractivity contribution < 1.29 is 5.11 Å². The monoisotopic (exact) mass is 396 g/mol. The Hall–Kier alpha value is -2.65. The van der Waals surface area contributed by atoms with Crippen LogP contribution in [0.3, 0.4) is 0 Å². The molecule has 3 heteroatoms. The number of hydrogen-bond donors (Lipinski definition) is 1. The highest BCUT2D eigenvalue weighted by Gasteiger charge is 2.34. The topological polar surface area (TPSA) is 37.5 Å². The van der Waals surface area contributed by atoms with Gasteiger partial charge >= 0.3 is 0 Å². The number of aliphatic hydroxyl groups is 1. The third kappa shape index (κ3) is 3.04. The number of rotatable bonds is 4. The molecule has 4 aromatic rings. The van der Waals surface area contributed by atoms with Gasteiger partial charge in [-0.1, -0.05) is 42.5 Å². The molecule has 2 aliphatic carbocycles. The van der Waals surface area contributed by atoms with Crippen LogP contribution in [0.5, 0.6) is 0 Å². The smallest absolute Gasteiger partial charge is 0.0992 e. The van der Waals surface area contributed by atoms with Gasteiger partial charge in [-0.15, -0.1) is 0 Å². The van der Waals surface area contributed by atoms with Crippen LogP contribution < -0.4 is 0 Å². The fourth-order valence-electron chi connectivity index (χ4n) is 5.69. The molecule has 2 fully saturated rings. The van der Waals surface area contributed by atoms with E-state index in [1.165, 1.54) is 34.7 Å². The Morgan fingerprint density at radius 2 is 1.57 bits per heavy atom. The van der Waals surface area contributed by atoms with Crippen LogP contribution in [0.4, 0.5) is 0 Å². The molecule has 30 heavy (non-hydrogen) atoms. The highest BCUT2D eigenvalue weighted by molar-refractivity contribution is 5.86. The number of aromatic nitrogens is 2. The lowest BCUT2D eigenvalue weighted by atomic mass is 9.74. The molecule has 1 atom stereocenters. The van der Waals surface area contributed by atoms with E-state index in [1.807, 2.05) is 12.5 Å². The number of imidazole rings is 1. The Kier molecular flexibility index (Phi) is 4.38. The van der Waals surface area contributed by atoms with Crippen LogP contribution in [-0.2, 0) is 0 Å². The SMILES string of the molecule is O[C@H](c1c(C2CC2)ccn2cncc12)[C@H]1CC[C@H](c2cccc3ccccc32)CC1. The summed E-state index contributed by atoms with van der Waals surface area (Å²) in [6.45, 7) is 0. The van der Waals surface area contributed by atoms with Gasteiger partial charge in [0.1, 0.15) is 0 Å². The number of fused-ring (bicyclic) bond motifs is 2. The fourth-order valence-corrected chi connectivity index (χ4v) is 5.69. The van der Waals surface area contributed by atoms with E-state index in [1.54, 1.807) is 0 Å². The summed E-state index contributed by atoms with van der Waals surface area (Å²) in [7, 11) is 0. The summed E-state index contributed by atoms with van der Waals surface area (Å²) in [6, 6.07) is 17.7. The van der Waals surface area contributed by atoms with Gasteiger partial charge in [0.25, 0.3) is 0 Å². The lowest BCUT2D eigenvalue weighted by Gasteiger charge is -2.33. The van der Waals surface area contributed by atoms with E-state index in [0.29, 0.717) is 17.8 Å². The van der Waals surface area contributed by atoms with Gasteiger partial charge < -0.3 is 9.51 Å². The third-order valence-electron chi connectivity index (χ3n) is 7.46. The zero-order chi connectivity index (χ0) is 20.1. The maximum atomic E-state index is 11.5. The van der Waals surface area contributed by atoms with Crippen molar-refractivity contribution >= 4 is 16.3 Å². The Morgan fingerprint density at radius 3 is 2.40 bits per heavy atom. The van der Waals surface area contributed by atoms with Crippen molar-refractivity contribution in [3.8, 4) is 0 Å². The normalized spacial score (nSPS) is 23.1. The second kappa shape index (κ2) is 7.24. The first-order valence-corrected chi connectivity index (χ1v) is 11.4. The average molecular weight is 397 g/mol. The molecule has 1 N–H and O–H groups in total. The van der Waals surface area contributed by atoms with E-state index in [0.717, 1.165) is 36.8 Å². The standard InChI is InChI=1S/C27H28N2O/c30-27(26-24(20-8-9-20)14-15-29-17-28-16-25(26)29)21-12-10-19(11-13-21)23-7-3-5-18-4-1-2-6-22(18)23/h1-7,14-17,19-21,27,30H,8-13H2/t19-,21-,27-/m0/s1. The van der Waals surface area contributed by atoms with Crippen molar-refractivity contribution in [3.05, 3.63) is 83.9 Å². The molecule has 152 valence electrons. The van der Waals surface area contributed by atoms with Gasteiger partial charge in [-0.3, -0.25) is 0 Å². The number of aliphatic hydroxyl groups excluding tert-OH is 1. The summed E-state index contributed by atoms with van der Waals surface area (Å²) in [6.07, 6.45) is 12.4. The zero-order valence-electron chi connectivity index (χ0n) is 17.2. The molecule has 2 aromatic heterocycles. The predicted molar refractivity (Wildman–Crippen MR) is 121 cm³/mol. The summed E-state index contributed by atoms with van der Waals surface area (Å²) in [5.74, 6) is 1.55. The molecule has 0 radical (unpaired) electrons. The number of pyridine rings is 1. The fraction of sp³-hybridized carbons (Fsp3) is 0.370. The maximum Gasteiger partial charge on any atom is 0.0992 e. The molecular weight excluding hydrogens is 368 g/mol. The first-order valence-electron chi connectivity index (χ1n) is 11.4. The second-order valence-corrected chi connectivity index (χ2v) is 9.27. The Labute approximate surface area is 177 Å². The molecule has 2 aromatic carbocycles. The first kappa shape index (κ1) is 18.1. The first-order chi connectivity index (χ1) is 14.8. The van der Waals surface area contributed by atoms with Crippen molar-refractivity contribution in [3.63, 3.8) is 0 Å². The summed E-state index contributed by atoms with van der Waals surface area (Å²) < 4.78 is 2.06. The highest BCUT2D eigenvalue weighted by Crippen LogP contribution is 2.48. The number of benzene rings is 2. The summed E-state index contributed by atoms with van der Waals surface area (Å²) in [5, 5.41) is 14.2. The maximum absolute atomic E-state index is 11.5. The van der Waals surface area contributed by atoms with Gasteiger partial charge in [-0.05, 0) is 84.2 Å². The van der Waals surface area contributed by atoms with Gasteiger partial charge in [-0.25, -0.2) is 4.98 Å². The summed E-state index contributed by atoms with van der Waals surface area (Å²) in [5.41, 5.74) is 5.07. The van der Waals surface area contributed by atoms with Crippen LogP contribution in [0.2, 0.25) is 0 Å². The van der Waals surface area contributed by atoms with E-state index in [-0.39, 0.29) is 0 Å². The Bertz CT molecular complexity index is 1190. The largest absolute Gasteiger partial charge is 0.388 e. The van der Waals surface area contributed by atoms with Crippen LogP contribution in [0, 0.1) is 5.92 Å². The van der Waals surface area contributed by atoms with E-state index >= 15 is 0 Å². The summed E-state index contributed by atoms with van der Waals surface area (Å²) in [4.78, 5) is 4.34. The molecule has 0 bridgehead atoms. The minimum absolute atomic E-state index is 0.329. The van der Waals surface area contributed by atoms with Crippen LogP contribution in [0.25, 0.3) is 16.3 Å². The number of hydrogen-bond acceptors (Lipinski definition) is 2. The Morgan fingerprint density at radius 1 is 0.833 bits per heavy atom. The van der Waals surface area contributed by atoms with Crippen molar-refractivity contribution in [2.24, 2.45) is 5.92 Å². The lowest BCUT2D eigenvalue weighted by Crippen LogP contribution is -2.21. The van der Waals surface area contributed by atoms with Gasteiger partial charge in [-0.2, -0.15) is 0 Å². The molecule has 0 saturated heterocycles. The molecule has 3 nitrogen and oxygen atoms in total. The molecular formula is C27H28N2O. The molecule has 0 amide bonds. The third-order valence-corrected chi connectivity index (χ3v) is 7.46. The quantitative estimate of drug-likeness (QED) is 0.435. The van der Waals surface area contributed by atoms with Crippen LogP contribution in [0.1, 0.15) is 73.2 Å². The van der Waals surface area contributed by atoms with Crippen molar-refractivity contribution in [2.45, 2.75) is 56.5 Å². The van der Waals surface area contributed by atoms with Gasteiger partial charge in [0.2, 0.25) is 0 Å². The van der Waals surface area contributed by atoms with Crippen LogP contribution in [0.15, 0.2) is 67.3 Å². The van der Waals surface area contributed by atoms with Crippen LogP contribution in [-0.4, -0.2) is 14.5 Å². The second-order valence-electron chi connectivity index (χ2n) is 9.27. The van der Waals surface area contributed by atoms with Gasteiger partial charge in [0.05, 0.1) is 24.1 Å². The molecule has 6 rings (SSSR count). The van der Waals surface area contributed by atoms with Gasteiger partial charge in [0, 0.05) is 11.8 Å². The van der Waals surface area contributed by atoms with Crippen molar-refractivity contribution in [2.75, 3.05) is 0 Å². The minimum atomic E-state index is -0.394. The highest BCUT2D eigenvalue weighted by atomic mass is 16.3.